The number of nitriles is 1. The zero-order chi connectivity index (χ0) is 17.9. The van der Waals surface area contributed by atoms with E-state index in [0.717, 1.165) is 4.47 Å². The highest BCUT2D eigenvalue weighted by molar-refractivity contribution is 9.10. The van der Waals surface area contributed by atoms with E-state index in [1.54, 1.807) is 18.2 Å². The molecule has 0 bridgehead atoms. The summed E-state index contributed by atoms with van der Waals surface area (Å²) in [5.41, 5.74) is 4.22. The molecule has 1 aromatic carbocycles. The number of nitrogens with two attached hydrogens (primary N) is 1. The van der Waals surface area contributed by atoms with Gasteiger partial charge >= 0.3 is 0 Å². The van der Waals surface area contributed by atoms with Crippen LogP contribution < -0.4 is 21.3 Å². The molecule has 1 amide bonds. The van der Waals surface area contributed by atoms with Crippen LogP contribution in [0.3, 0.4) is 0 Å². The quantitative estimate of drug-likeness (QED) is 0.479. The summed E-state index contributed by atoms with van der Waals surface area (Å²) in [5, 5.41) is 12.4. The van der Waals surface area contributed by atoms with Crippen molar-refractivity contribution in [3.63, 3.8) is 0 Å². The summed E-state index contributed by atoms with van der Waals surface area (Å²) < 4.78 is 6.12. The van der Waals surface area contributed by atoms with Gasteiger partial charge < -0.3 is 20.8 Å². The van der Waals surface area contributed by atoms with Gasteiger partial charge in [-0.15, -0.1) is 0 Å². The fraction of sp³-hybridized carbons (Fsp3) is 0.0667. The van der Waals surface area contributed by atoms with E-state index in [1.165, 1.54) is 0 Å². The van der Waals surface area contributed by atoms with E-state index in [4.69, 9.17) is 22.7 Å². The van der Waals surface area contributed by atoms with Crippen LogP contribution in [0.2, 0.25) is 0 Å². The van der Waals surface area contributed by atoms with Crippen molar-refractivity contribution in [3.05, 3.63) is 60.4 Å². The molecule has 3 heterocycles. The first-order chi connectivity index (χ1) is 11.9. The number of nitrogens with zero attached hydrogens (tertiary/aromatic N) is 1. The molecule has 1 aromatic heterocycles. The maximum atomic E-state index is 13.0. The number of halogens is 1. The van der Waals surface area contributed by atoms with Crippen molar-refractivity contribution >= 4 is 39.7 Å². The molecule has 124 valence electrons. The minimum absolute atomic E-state index is 0.0153. The first-order valence-corrected chi connectivity index (χ1v) is 8.16. The third-order valence-corrected chi connectivity index (χ3v) is 4.90. The van der Waals surface area contributed by atoms with E-state index in [0.29, 0.717) is 11.3 Å². The zero-order valence-electron chi connectivity index (χ0n) is 12.3. The Morgan fingerprint density at radius 2 is 2.08 bits per heavy atom. The van der Waals surface area contributed by atoms with Crippen LogP contribution in [-0.2, 0) is 10.2 Å². The molecule has 2 aromatic rings. The number of carbonyl (C=O) groups excluding carboxylic acids is 1. The summed E-state index contributed by atoms with van der Waals surface area (Å²) in [7, 11) is 0. The van der Waals surface area contributed by atoms with E-state index < -0.39 is 16.9 Å². The maximum Gasteiger partial charge on any atom is 0.260 e. The number of aromatic nitrogens is 2. The molecule has 10 heteroatoms. The Labute approximate surface area is 153 Å². The molecule has 1 unspecified atom stereocenters. The summed E-state index contributed by atoms with van der Waals surface area (Å²) in [6.07, 6.45) is 0. The van der Waals surface area contributed by atoms with Gasteiger partial charge in [-0.05, 0) is 24.4 Å². The number of nitrogens with one attached hydrogen (secondary N) is 3. The van der Waals surface area contributed by atoms with Gasteiger partial charge in [0.2, 0.25) is 17.7 Å². The number of benzene rings is 1. The van der Waals surface area contributed by atoms with Crippen LogP contribution in [0.25, 0.3) is 0 Å². The lowest BCUT2D eigenvalue weighted by Crippen LogP contribution is -2.46. The molecule has 0 radical (unpaired) electrons. The fourth-order valence-corrected chi connectivity index (χ4v) is 3.82. The minimum atomic E-state index is -1.71. The third-order valence-electron chi connectivity index (χ3n) is 4.20. The van der Waals surface area contributed by atoms with E-state index >= 15 is 0 Å². The van der Waals surface area contributed by atoms with Gasteiger partial charge in [0.05, 0.1) is 0 Å². The van der Waals surface area contributed by atoms with Crippen molar-refractivity contribution in [2.24, 2.45) is 5.73 Å². The van der Waals surface area contributed by atoms with E-state index in [-0.39, 0.29) is 27.7 Å². The average Bonchev–Trinajstić information content (AvgIpc) is 2.79. The van der Waals surface area contributed by atoms with Crippen LogP contribution in [0, 0.1) is 16.1 Å². The maximum absolute atomic E-state index is 13.0. The highest BCUT2D eigenvalue weighted by Crippen LogP contribution is 2.51. The number of fused-ring (bicyclic) bond motifs is 4. The third kappa shape index (κ3) is 1.87. The van der Waals surface area contributed by atoms with Gasteiger partial charge in [-0.1, -0.05) is 22.0 Å². The van der Waals surface area contributed by atoms with Gasteiger partial charge in [-0.2, -0.15) is 5.26 Å². The number of aromatic amines is 2. The Morgan fingerprint density at radius 1 is 1.32 bits per heavy atom. The summed E-state index contributed by atoms with van der Waals surface area (Å²) >= 11 is 8.28. The Kier molecular flexibility index (Phi) is 3.15. The van der Waals surface area contributed by atoms with Crippen molar-refractivity contribution in [1.82, 2.24) is 9.97 Å². The molecule has 4 rings (SSSR count). The van der Waals surface area contributed by atoms with Crippen molar-refractivity contribution in [2.45, 2.75) is 5.41 Å². The highest BCUT2D eigenvalue weighted by atomic mass is 79.9. The second kappa shape index (κ2) is 5.05. The number of hydrogen-bond donors (Lipinski definition) is 4. The van der Waals surface area contributed by atoms with Crippen LogP contribution in [0.4, 0.5) is 5.69 Å². The van der Waals surface area contributed by atoms with Gasteiger partial charge in [0.25, 0.3) is 5.56 Å². The van der Waals surface area contributed by atoms with Crippen LogP contribution in [-0.4, -0.2) is 15.9 Å². The molecule has 1 spiro atoms. The highest BCUT2D eigenvalue weighted by Gasteiger charge is 2.58. The van der Waals surface area contributed by atoms with E-state index in [2.05, 4.69) is 31.2 Å². The standard InChI is InChI=1S/C15H8BrN5O3S/c16-5-1-2-6-8(3-5)19-13(23)15(6)7(4-17)10(18)24-12-9(15)11(22)20-14(25)21-12/h1-3H,18H2,(H,19,23)(H2,20,21,22,25). The Bertz CT molecular complexity index is 1160. The second-order valence-electron chi connectivity index (χ2n) is 5.46. The molecule has 2 aliphatic heterocycles. The Morgan fingerprint density at radius 3 is 2.80 bits per heavy atom. The molecule has 5 N–H and O–H groups in total. The second-order valence-corrected chi connectivity index (χ2v) is 6.78. The van der Waals surface area contributed by atoms with Gasteiger partial charge in [0.15, 0.2) is 10.2 Å². The fourth-order valence-electron chi connectivity index (χ4n) is 3.27. The molecular formula is C15H8BrN5O3S. The average molecular weight is 418 g/mol. The lowest BCUT2D eigenvalue weighted by Gasteiger charge is -2.32. The number of rotatable bonds is 0. The number of hydrogen-bond acceptors (Lipinski definition) is 6. The number of carbonyl (C=O) groups is 1. The Balaban J connectivity index is 2.22. The van der Waals surface area contributed by atoms with E-state index in [1.807, 2.05) is 6.07 Å². The molecule has 0 saturated heterocycles. The first kappa shape index (κ1) is 15.6. The van der Waals surface area contributed by atoms with Crippen LogP contribution in [0.5, 0.6) is 5.88 Å². The predicted molar refractivity (Wildman–Crippen MR) is 93.3 cm³/mol. The SMILES string of the molecule is N#CC1=C(N)Oc2[nH]c(=S)[nH]c(=O)c2C12C(=O)Nc1cc(Br)ccc12. The van der Waals surface area contributed by atoms with Crippen LogP contribution >= 0.6 is 28.1 Å². The lowest BCUT2D eigenvalue weighted by molar-refractivity contribution is -0.118. The van der Waals surface area contributed by atoms with Crippen molar-refractivity contribution in [1.29, 1.82) is 5.26 Å². The minimum Gasteiger partial charge on any atom is -0.424 e. The van der Waals surface area contributed by atoms with Crippen molar-refractivity contribution in [2.75, 3.05) is 5.32 Å². The first-order valence-electron chi connectivity index (χ1n) is 6.96. The summed E-state index contributed by atoms with van der Waals surface area (Å²) in [4.78, 5) is 30.8. The lowest BCUT2D eigenvalue weighted by atomic mass is 9.70. The van der Waals surface area contributed by atoms with Crippen molar-refractivity contribution < 1.29 is 9.53 Å². The Hall–Kier alpha value is -2.90. The van der Waals surface area contributed by atoms with Gasteiger partial charge in [-0.25, -0.2) is 0 Å². The van der Waals surface area contributed by atoms with E-state index in [9.17, 15) is 14.9 Å². The summed E-state index contributed by atoms with van der Waals surface area (Å²) in [6, 6.07) is 6.96. The van der Waals surface area contributed by atoms with Gasteiger partial charge in [0, 0.05) is 15.7 Å². The number of H-pyrrole nitrogens is 2. The van der Waals surface area contributed by atoms with Gasteiger partial charge in [-0.3, -0.25) is 14.6 Å². The molecule has 0 fully saturated rings. The number of anilines is 1. The summed E-state index contributed by atoms with van der Waals surface area (Å²) in [6.45, 7) is 0. The topological polar surface area (TPSA) is 137 Å². The number of ether oxygens (including phenoxy) is 1. The molecule has 0 saturated carbocycles. The van der Waals surface area contributed by atoms with Gasteiger partial charge in [0.1, 0.15) is 17.2 Å². The molecule has 0 aliphatic carbocycles. The molecule has 25 heavy (non-hydrogen) atoms. The van der Waals surface area contributed by atoms with Crippen molar-refractivity contribution in [3.8, 4) is 11.9 Å². The largest absolute Gasteiger partial charge is 0.424 e. The zero-order valence-corrected chi connectivity index (χ0v) is 14.7. The monoisotopic (exact) mass is 417 g/mol. The molecule has 1 atom stereocenters. The predicted octanol–water partition coefficient (Wildman–Crippen LogP) is 1.52. The molecule has 8 nitrogen and oxygen atoms in total. The molecule has 2 aliphatic rings. The smallest absolute Gasteiger partial charge is 0.260 e. The van der Waals surface area contributed by atoms with Crippen LogP contribution in [0.1, 0.15) is 11.1 Å². The summed E-state index contributed by atoms with van der Waals surface area (Å²) in [5.74, 6) is -0.894. The normalized spacial score (nSPS) is 20.6. The number of amides is 1. The van der Waals surface area contributed by atoms with Crippen LogP contribution in [0.15, 0.2) is 38.9 Å². The molecular weight excluding hydrogens is 410 g/mol.